The number of nitrogens with one attached hydrogen (secondary N) is 1. The molecule has 8 nitrogen and oxygen atoms in total. The Hall–Kier alpha value is -2.13. The zero-order valence-electron chi connectivity index (χ0n) is 18.2. The second-order valence-electron chi connectivity index (χ2n) is 8.89. The van der Waals surface area contributed by atoms with Gasteiger partial charge >= 0.3 is 0 Å². The average Bonchev–Trinajstić information content (AvgIpc) is 2.78. The van der Waals surface area contributed by atoms with E-state index in [0.29, 0.717) is 36.4 Å². The minimum absolute atomic E-state index is 0.0556. The average molecular weight is 450 g/mol. The number of rotatable bonds is 4. The first-order valence-corrected chi connectivity index (χ1v) is 12.6. The molecule has 0 unspecified atom stereocenters. The van der Waals surface area contributed by atoms with Gasteiger partial charge in [-0.25, -0.2) is 8.42 Å². The summed E-state index contributed by atoms with van der Waals surface area (Å²) in [5, 5.41) is 2.70. The number of amides is 2. The summed E-state index contributed by atoms with van der Waals surface area (Å²) in [5.74, 6) is -0.170. The second-order valence-corrected chi connectivity index (χ2v) is 10.8. The molecule has 2 amide bonds. The van der Waals surface area contributed by atoms with Crippen LogP contribution in [-0.2, 0) is 19.6 Å². The third kappa shape index (κ3) is 4.43. The van der Waals surface area contributed by atoms with Crippen LogP contribution in [0.4, 0.5) is 5.69 Å². The van der Waals surface area contributed by atoms with E-state index in [2.05, 4.69) is 5.32 Å². The van der Waals surface area contributed by atoms with Crippen molar-refractivity contribution in [3.63, 3.8) is 0 Å². The van der Waals surface area contributed by atoms with Gasteiger partial charge in [-0.15, -0.1) is 0 Å². The second kappa shape index (κ2) is 8.78. The Morgan fingerprint density at radius 1 is 1.16 bits per heavy atom. The quantitative estimate of drug-likeness (QED) is 0.762. The van der Waals surface area contributed by atoms with Crippen molar-refractivity contribution >= 4 is 27.5 Å². The lowest BCUT2D eigenvalue weighted by Crippen LogP contribution is -2.48. The van der Waals surface area contributed by atoms with Crippen molar-refractivity contribution in [2.24, 2.45) is 5.92 Å². The van der Waals surface area contributed by atoms with Crippen LogP contribution in [0.5, 0.6) is 5.75 Å². The van der Waals surface area contributed by atoms with E-state index >= 15 is 0 Å². The predicted octanol–water partition coefficient (Wildman–Crippen LogP) is 2.52. The molecule has 170 valence electrons. The maximum atomic E-state index is 13.5. The van der Waals surface area contributed by atoms with Crippen molar-refractivity contribution in [2.45, 2.75) is 62.8 Å². The van der Waals surface area contributed by atoms with E-state index in [-0.39, 0.29) is 41.8 Å². The molecule has 0 aromatic heterocycles. The van der Waals surface area contributed by atoms with E-state index in [1.54, 1.807) is 13.0 Å². The Labute approximate surface area is 184 Å². The highest BCUT2D eigenvalue weighted by Gasteiger charge is 2.37. The molecule has 3 aliphatic rings. The molecule has 0 radical (unpaired) electrons. The van der Waals surface area contributed by atoms with Gasteiger partial charge in [-0.2, -0.15) is 4.31 Å². The Kier molecular flexibility index (Phi) is 6.25. The number of aryl methyl sites for hydroxylation is 1. The van der Waals surface area contributed by atoms with E-state index in [9.17, 15) is 18.0 Å². The molecular formula is C22H31N3O5S. The number of carbonyl (C=O) groups excluding carboxylic acids is 2. The van der Waals surface area contributed by atoms with Gasteiger partial charge in [0.15, 0.2) is 6.61 Å². The Morgan fingerprint density at radius 3 is 2.65 bits per heavy atom. The summed E-state index contributed by atoms with van der Waals surface area (Å²) < 4.78 is 33.8. The van der Waals surface area contributed by atoms with Crippen molar-refractivity contribution in [1.82, 2.24) is 9.21 Å². The van der Waals surface area contributed by atoms with Crippen LogP contribution in [-0.4, -0.2) is 62.2 Å². The van der Waals surface area contributed by atoms with Gasteiger partial charge in [-0.1, -0.05) is 19.3 Å². The maximum Gasteiger partial charge on any atom is 0.262 e. The van der Waals surface area contributed by atoms with E-state index < -0.39 is 10.0 Å². The van der Waals surface area contributed by atoms with Crippen LogP contribution in [0, 0.1) is 12.8 Å². The first-order chi connectivity index (χ1) is 14.8. The van der Waals surface area contributed by atoms with Crippen molar-refractivity contribution in [2.75, 3.05) is 32.1 Å². The third-order valence-corrected chi connectivity index (χ3v) is 8.74. The highest BCUT2D eigenvalue weighted by Crippen LogP contribution is 2.35. The summed E-state index contributed by atoms with van der Waals surface area (Å²) in [6, 6.07) is 3.38. The smallest absolute Gasteiger partial charge is 0.262 e. The van der Waals surface area contributed by atoms with Gasteiger partial charge in [-0.3, -0.25) is 9.59 Å². The molecule has 0 spiro atoms. The number of hydrogen-bond acceptors (Lipinski definition) is 5. The van der Waals surface area contributed by atoms with E-state index in [0.717, 1.165) is 25.7 Å². The minimum Gasteiger partial charge on any atom is -0.482 e. The van der Waals surface area contributed by atoms with E-state index in [1.165, 1.54) is 16.8 Å². The molecule has 1 N–H and O–H groups in total. The minimum atomic E-state index is -3.79. The molecule has 4 rings (SSSR count). The Morgan fingerprint density at radius 2 is 1.90 bits per heavy atom. The highest BCUT2D eigenvalue weighted by atomic mass is 32.2. The number of hydrogen-bond donors (Lipinski definition) is 1. The third-order valence-electron chi connectivity index (χ3n) is 6.73. The zero-order valence-corrected chi connectivity index (χ0v) is 19.0. The first kappa shape index (κ1) is 22.1. The van der Waals surface area contributed by atoms with Crippen LogP contribution < -0.4 is 10.1 Å². The van der Waals surface area contributed by atoms with Gasteiger partial charge in [-0.05, 0) is 44.2 Å². The van der Waals surface area contributed by atoms with E-state index in [4.69, 9.17) is 4.74 Å². The van der Waals surface area contributed by atoms with Crippen LogP contribution in [0.3, 0.4) is 0 Å². The maximum absolute atomic E-state index is 13.5. The lowest BCUT2D eigenvalue weighted by Gasteiger charge is -2.37. The predicted molar refractivity (Wildman–Crippen MR) is 116 cm³/mol. The van der Waals surface area contributed by atoms with Crippen LogP contribution in [0.1, 0.15) is 50.5 Å². The standard InChI is InChI=1S/C22H31N3O5S/c1-15-11-18-19(30-14-21(26)23-18)12-20(15)31(28,29)25-10-6-7-16(13-25)22(27)24(2)17-8-4-3-5-9-17/h11-12,16-17H,3-10,13-14H2,1-2H3,(H,23,26)/t16-/m1/s1. The topological polar surface area (TPSA) is 96.0 Å². The van der Waals surface area contributed by atoms with Crippen molar-refractivity contribution in [3.8, 4) is 5.75 Å². The number of benzene rings is 1. The fourth-order valence-electron chi connectivity index (χ4n) is 4.93. The number of nitrogens with zero attached hydrogens (tertiary/aromatic N) is 2. The number of carbonyl (C=O) groups is 2. The molecule has 0 bridgehead atoms. The zero-order chi connectivity index (χ0) is 22.2. The SMILES string of the molecule is Cc1cc2c(cc1S(=O)(=O)N1CCC[C@@H](C(=O)N(C)C3CCCCC3)C1)OCC(=O)N2. The molecule has 2 heterocycles. The molecule has 2 aliphatic heterocycles. The lowest BCUT2D eigenvalue weighted by atomic mass is 9.92. The van der Waals surface area contributed by atoms with Gasteiger partial charge in [0.2, 0.25) is 15.9 Å². The van der Waals surface area contributed by atoms with Crippen molar-refractivity contribution in [3.05, 3.63) is 17.7 Å². The van der Waals surface area contributed by atoms with Gasteiger partial charge in [0, 0.05) is 32.2 Å². The van der Waals surface area contributed by atoms with Crippen LogP contribution in [0.25, 0.3) is 0 Å². The molecule has 1 atom stereocenters. The Bertz CT molecular complexity index is 972. The number of sulfonamides is 1. The van der Waals surface area contributed by atoms with Crippen LogP contribution >= 0.6 is 0 Å². The molecule has 1 saturated heterocycles. The summed E-state index contributed by atoms with van der Waals surface area (Å²) in [5.41, 5.74) is 1.02. The molecule has 1 aliphatic carbocycles. The summed E-state index contributed by atoms with van der Waals surface area (Å²) >= 11 is 0. The monoisotopic (exact) mass is 449 g/mol. The lowest BCUT2D eigenvalue weighted by molar-refractivity contribution is -0.138. The molecule has 1 aromatic rings. The summed E-state index contributed by atoms with van der Waals surface area (Å²) in [4.78, 5) is 26.7. The fraction of sp³-hybridized carbons (Fsp3) is 0.636. The molecular weight excluding hydrogens is 418 g/mol. The molecule has 31 heavy (non-hydrogen) atoms. The van der Waals surface area contributed by atoms with E-state index in [1.807, 2.05) is 11.9 Å². The number of anilines is 1. The van der Waals surface area contributed by atoms with Gasteiger partial charge < -0.3 is 15.0 Å². The largest absolute Gasteiger partial charge is 0.482 e. The summed E-state index contributed by atoms with van der Waals surface area (Å²) in [6.45, 7) is 2.17. The van der Waals surface area contributed by atoms with Gasteiger partial charge in [0.05, 0.1) is 16.5 Å². The summed E-state index contributed by atoms with van der Waals surface area (Å²) in [7, 11) is -1.92. The van der Waals surface area contributed by atoms with Gasteiger partial charge in [0.25, 0.3) is 5.91 Å². The normalized spacial score (nSPS) is 22.9. The number of fused-ring (bicyclic) bond motifs is 1. The fourth-order valence-corrected chi connectivity index (χ4v) is 6.68. The molecule has 1 aromatic carbocycles. The Balaban J connectivity index is 1.52. The number of ether oxygens (including phenoxy) is 1. The van der Waals surface area contributed by atoms with Crippen molar-refractivity contribution < 1.29 is 22.7 Å². The number of piperidine rings is 1. The first-order valence-electron chi connectivity index (χ1n) is 11.1. The highest BCUT2D eigenvalue weighted by molar-refractivity contribution is 7.89. The van der Waals surface area contributed by atoms with Gasteiger partial charge in [0.1, 0.15) is 5.75 Å². The summed E-state index contributed by atoms with van der Waals surface area (Å²) in [6.07, 6.45) is 6.94. The van der Waals surface area contributed by atoms with Crippen molar-refractivity contribution in [1.29, 1.82) is 0 Å². The van der Waals surface area contributed by atoms with Crippen LogP contribution in [0.2, 0.25) is 0 Å². The van der Waals surface area contributed by atoms with Crippen LogP contribution in [0.15, 0.2) is 17.0 Å². The molecule has 9 heteroatoms. The molecule has 2 fully saturated rings. The molecule has 1 saturated carbocycles.